The number of anilines is 1. The van der Waals surface area contributed by atoms with Crippen molar-refractivity contribution in [1.82, 2.24) is 4.57 Å². The van der Waals surface area contributed by atoms with Crippen LogP contribution >= 0.6 is 0 Å². The minimum atomic E-state index is 0.283. The number of hydrogen-bond acceptors (Lipinski definition) is 2. The van der Waals surface area contributed by atoms with Crippen molar-refractivity contribution in [2.45, 2.75) is 40.2 Å². The van der Waals surface area contributed by atoms with Gasteiger partial charge in [-0.05, 0) is 32.3 Å². The van der Waals surface area contributed by atoms with Crippen LogP contribution < -0.4 is 5.73 Å². The molecule has 15 heavy (non-hydrogen) atoms. The summed E-state index contributed by atoms with van der Waals surface area (Å²) in [4.78, 5) is 0. The van der Waals surface area contributed by atoms with Gasteiger partial charge in [-0.15, -0.1) is 0 Å². The fraction of sp³-hybridized carbons (Fsp3) is 0.583. The molecule has 0 saturated heterocycles. The molecule has 0 radical (unpaired) electrons. The molecule has 1 rings (SSSR count). The zero-order valence-corrected chi connectivity index (χ0v) is 9.91. The third-order valence-corrected chi connectivity index (χ3v) is 2.41. The number of nitrogens with two attached hydrogens (primary N) is 1. The molecule has 0 bridgehead atoms. The molecule has 0 atom stereocenters. The Labute approximate surface area is 91.5 Å². The molecule has 82 valence electrons. The molecule has 0 aliphatic carbocycles. The van der Waals surface area contributed by atoms with Crippen molar-refractivity contribution in [2.24, 2.45) is 5.92 Å². The van der Waals surface area contributed by atoms with Gasteiger partial charge in [0.15, 0.2) is 0 Å². The summed E-state index contributed by atoms with van der Waals surface area (Å²) in [6.07, 6.45) is 0.922. The molecule has 1 aromatic rings. The first kappa shape index (κ1) is 11.6. The summed E-state index contributed by atoms with van der Waals surface area (Å²) in [5.41, 5.74) is 8.44. The van der Waals surface area contributed by atoms with Crippen LogP contribution in [0.5, 0.6) is 0 Å². The molecule has 2 N–H and O–H groups in total. The lowest BCUT2D eigenvalue weighted by molar-refractivity contribution is 0.537. The number of rotatable bonds is 3. The van der Waals surface area contributed by atoms with Crippen molar-refractivity contribution in [3.05, 3.63) is 17.5 Å². The van der Waals surface area contributed by atoms with Gasteiger partial charge in [-0.3, -0.25) is 0 Å². The van der Waals surface area contributed by atoms with Crippen LogP contribution in [0.4, 0.5) is 5.69 Å². The van der Waals surface area contributed by atoms with Gasteiger partial charge in [-0.2, -0.15) is 5.26 Å². The molecule has 1 aromatic heterocycles. The monoisotopic (exact) mass is 205 g/mol. The third kappa shape index (κ3) is 2.33. The van der Waals surface area contributed by atoms with Gasteiger partial charge in [0.2, 0.25) is 0 Å². The predicted octanol–water partition coefficient (Wildman–Crippen LogP) is 2.72. The normalized spacial score (nSPS) is 11.0. The van der Waals surface area contributed by atoms with Gasteiger partial charge in [0.1, 0.15) is 11.8 Å². The summed E-state index contributed by atoms with van der Waals surface area (Å²) in [5, 5.41) is 9.01. The molecular formula is C12H19N3. The highest BCUT2D eigenvalue weighted by Crippen LogP contribution is 2.25. The lowest BCUT2D eigenvalue weighted by atomic mass is 10.1. The lowest BCUT2D eigenvalue weighted by Gasteiger charge is -2.16. The minimum Gasteiger partial charge on any atom is -0.397 e. The first-order valence-electron chi connectivity index (χ1n) is 5.37. The Morgan fingerprint density at radius 1 is 1.40 bits per heavy atom. The molecule has 1 heterocycles. The smallest absolute Gasteiger partial charge is 0.122 e. The Kier molecular flexibility index (Phi) is 3.41. The van der Waals surface area contributed by atoms with Gasteiger partial charge in [0, 0.05) is 11.7 Å². The van der Waals surface area contributed by atoms with E-state index in [-0.39, 0.29) is 6.04 Å². The number of aromatic nitrogens is 1. The summed E-state index contributed by atoms with van der Waals surface area (Å²) in [6, 6.07) is 4.25. The second kappa shape index (κ2) is 4.39. The summed E-state index contributed by atoms with van der Waals surface area (Å²) in [5.74, 6) is 0.547. The number of hydrogen-bond donors (Lipinski definition) is 1. The van der Waals surface area contributed by atoms with Crippen molar-refractivity contribution >= 4 is 5.69 Å². The van der Waals surface area contributed by atoms with E-state index < -0.39 is 0 Å². The lowest BCUT2D eigenvalue weighted by Crippen LogP contribution is -2.11. The molecule has 0 aliphatic rings. The Morgan fingerprint density at radius 2 is 2.00 bits per heavy atom. The van der Waals surface area contributed by atoms with Crippen LogP contribution in [0.2, 0.25) is 0 Å². The SMILES string of the molecule is CC(C)Cc1c(N)cc(C#N)n1C(C)C. The van der Waals surface area contributed by atoms with Crippen LogP contribution in [-0.4, -0.2) is 4.57 Å². The van der Waals surface area contributed by atoms with E-state index in [1.165, 1.54) is 0 Å². The summed E-state index contributed by atoms with van der Waals surface area (Å²) in [6.45, 7) is 8.46. The summed E-state index contributed by atoms with van der Waals surface area (Å²) < 4.78 is 2.04. The van der Waals surface area contributed by atoms with E-state index in [1.807, 2.05) is 4.57 Å². The molecule has 3 heteroatoms. The van der Waals surface area contributed by atoms with E-state index in [4.69, 9.17) is 11.0 Å². The Bertz CT molecular complexity index is 380. The highest BCUT2D eigenvalue weighted by atomic mass is 15.0. The average Bonchev–Trinajstić information content (AvgIpc) is 2.42. The summed E-state index contributed by atoms with van der Waals surface area (Å²) >= 11 is 0. The molecule has 0 unspecified atom stereocenters. The molecular weight excluding hydrogens is 186 g/mol. The highest BCUT2D eigenvalue weighted by molar-refractivity contribution is 5.51. The fourth-order valence-corrected chi connectivity index (χ4v) is 1.86. The second-order valence-electron chi connectivity index (χ2n) is 4.61. The summed E-state index contributed by atoms with van der Waals surface area (Å²) in [7, 11) is 0. The average molecular weight is 205 g/mol. The quantitative estimate of drug-likeness (QED) is 0.824. The van der Waals surface area contributed by atoms with E-state index in [1.54, 1.807) is 6.07 Å². The largest absolute Gasteiger partial charge is 0.397 e. The van der Waals surface area contributed by atoms with Gasteiger partial charge in [-0.1, -0.05) is 13.8 Å². The molecule has 0 fully saturated rings. The van der Waals surface area contributed by atoms with Crippen molar-refractivity contribution in [2.75, 3.05) is 5.73 Å². The Morgan fingerprint density at radius 3 is 2.40 bits per heavy atom. The van der Waals surface area contributed by atoms with Crippen LogP contribution in [0.25, 0.3) is 0 Å². The minimum absolute atomic E-state index is 0.283. The number of nitriles is 1. The number of nitrogen functional groups attached to an aromatic ring is 1. The molecule has 0 aliphatic heterocycles. The van der Waals surface area contributed by atoms with Gasteiger partial charge < -0.3 is 10.3 Å². The number of nitrogens with zero attached hydrogens (tertiary/aromatic N) is 2. The zero-order chi connectivity index (χ0) is 11.6. The standard InChI is InChI=1S/C12H19N3/c1-8(2)5-12-11(14)6-10(7-13)15(12)9(3)4/h6,8-9H,5,14H2,1-4H3. The Balaban J connectivity index is 3.24. The van der Waals surface area contributed by atoms with Gasteiger partial charge in [0.05, 0.1) is 5.69 Å². The van der Waals surface area contributed by atoms with Crippen molar-refractivity contribution < 1.29 is 0 Å². The Hall–Kier alpha value is -1.43. The molecule has 0 aromatic carbocycles. The zero-order valence-electron chi connectivity index (χ0n) is 9.91. The maximum atomic E-state index is 9.01. The maximum absolute atomic E-state index is 9.01. The molecule has 0 spiro atoms. The first-order chi connectivity index (χ1) is 6.97. The highest BCUT2D eigenvalue weighted by Gasteiger charge is 2.15. The predicted molar refractivity (Wildman–Crippen MR) is 62.5 cm³/mol. The van der Waals surface area contributed by atoms with Crippen molar-refractivity contribution in [3.63, 3.8) is 0 Å². The maximum Gasteiger partial charge on any atom is 0.122 e. The third-order valence-electron chi connectivity index (χ3n) is 2.41. The fourth-order valence-electron chi connectivity index (χ4n) is 1.86. The van der Waals surface area contributed by atoms with E-state index in [2.05, 4.69) is 33.8 Å². The van der Waals surface area contributed by atoms with E-state index in [0.717, 1.165) is 17.8 Å². The van der Waals surface area contributed by atoms with Crippen LogP contribution in [-0.2, 0) is 6.42 Å². The molecule has 0 amide bonds. The topological polar surface area (TPSA) is 54.7 Å². The van der Waals surface area contributed by atoms with E-state index >= 15 is 0 Å². The van der Waals surface area contributed by atoms with Crippen LogP contribution in [0.1, 0.15) is 45.1 Å². The van der Waals surface area contributed by atoms with Gasteiger partial charge in [0.25, 0.3) is 0 Å². The van der Waals surface area contributed by atoms with Crippen molar-refractivity contribution in [3.8, 4) is 6.07 Å². The van der Waals surface area contributed by atoms with Gasteiger partial charge >= 0.3 is 0 Å². The second-order valence-corrected chi connectivity index (χ2v) is 4.61. The van der Waals surface area contributed by atoms with Crippen LogP contribution in [0, 0.1) is 17.2 Å². The van der Waals surface area contributed by atoms with Crippen molar-refractivity contribution in [1.29, 1.82) is 5.26 Å². The van der Waals surface area contributed by atoms with Crippen LogP contribution in [0.3, 0.4) is 0 Å². The molecule has 0 saturated carbocycles. The van der Waals surface area contributed by atoms with E-state index in [9.17, 15) is 0 Å². The van der Waals surface area contributed by atoms with E-state index in [0.29, 0.717) is 11.6 Å². The van der Waals surface area contributed by atoms with Crippen LogP contribution in [0.15, 0.2) is 6.07 Å². The first-order valence-corrected chi connectivity index (χ1v) is 5.37. The molecule has 3 nitrogen and oxygen atoms in total. The van der Waals surface area contributed by atoms with Gasteiger partial charge in [-0.25, -0.2) is 0 Å².